The standard InChI is InChI=1S/C4H8O4.C3H8O3.4CH4.H2O/c1-3(2-5)8-4(6)7;4-1-3(6)2-5;;;;;/h3,5H,2H2,1H3,(H,6,7);3-6H,1-2H2;4*1H4;1H2. The summed E-state index contributed by atoms with van der Waals surface area (Å²) in [7, 11) is 0. The summed E-state index contributed by atoms with van der Waals surface area (Å²) < 4.78 is 4.07. The molecule has 0 aromatic carbocycles. The molecular formula is C11H34O8. The van der Waals surface area contributed by atoms with Crippen molar-refractivity contribution >= 4 is 6.16 Å². The van der Waals surface area contributed by atoms with Crippen LogP contribution in [0.5, 0.6) is 0 Å². The van der Waals surface area contributed by atoms with Gasteiger partial charge in [-0.3, -0.25) is 0 Å². The summed E-state index contributed by atoms with van der Waals surface area (Å²) in [4.78, 5) is 9.64. The minimum absolute atomic E-state index is 0. The van der Waals surface area contributed by atoms with E-state index in [4.69, 9.17) is 25.5 Å². The number of hydrogen-bond acceptors (Lipinski definition) is 6. The number of aliphatic hydroxyl groups is 4. The summed E-state index contributed by atoms with van der Waals surface area (Å²) in [5, 5.41) is 40.1. The highest BCUT2D eigenvalue weighted by atomic mass is 16.7. The van der Waals surface area contributed by atoms with E-state index in [0.717, 1.165) is 0 Å². The Balaban J connectivity index is -0.0000000245. The molecule has 0 bridgehead atoms. The van der Waals surface area contributed by atoms with Crippen molar-refractivity contribution in [3.05, 3.63) is 0 Å². The SMILES string of the molecule is C.C.C.C.CC(CO)OC(=O)O.O.OCC(O)CO. The molecule has 0 aliphatic heterocycles. The molecule has 1 unspecified atom stereocenters. The lowest BCUT2D eigenvalue weighted by molar-refractivity contribution is 0.0327. The Labute approximate surface area is 116 Å². The molecule has 1 atom stereocenters. The van der Waals surface area contributed by atoms with Gasteiger partial charge in [0.25, 0.3) is 0 Å². The third-order valence-electron chi connectivity index (χ3n) is 0.981. The van der Waals surface area contributed by atoms with Crippen molar-refractivity contribution in [1.82, 2.24) is 0 Å². The first kappa shape index (κ1) is 43.0. The van der Waals surface area contributed by atoms with Crippen LogP contribution in [0.4, 0.5) is 4.79 Å². The number of rotatable bonds is 4. The fourth-order valence-electron chi connectivity index (χ4n) is 0.267. The molecule has 7 N–H and O–H groups in total. The van der Waals surface area contributed by atoms with E-state index in [1.807, 2.05) is 0 Å². The molecule has 0 heterocycles. The Morgan fingerprint density at radius 3 is 1.37 bits per heavy atom. The van der Waals surface area contributed by atoms with E-state index >= 15 is 0 Å². The van der Waals surface area contributed by atoms with Gasteiger partial charge in [-0.05, 0) is 6.92 Å². The van der Waals surface area contributed by atoms with Crippen molar-refractivity contribution in [3.8, 4) is 0 Å². The van der Waals surface area contributed by atoms with Crippen LogP contribution in [0.3, 0.4) is 0 Å². The van der Waals surface area contributed by atoms with Gasteiger partial charge in [0, 0.05) is 0 Å². The van der Waals surface area contributed by atoms with Crippen LogP contribution >= 0.6 is 0 Å². The average molecular weight is 294 g/mol. The molecular weight excluding hydrogens is 260 g/mol. The third-order valence-corrected chi connectivity index (χ3v) is 0.981. The maximum absolute atomic E-state index is 9.64. The minimum Gasteiger partial charge on any atom is -0.450 e. The van der Waals surface area contributed by atoms with E-state index in [9.17, 15) is 4.79 Å². The number of carboxylic acid groups (broad SMARTS) is 1. The second-order valence-corrected chi connectivity index (χ2v) is 2.40. The van der Waals surface area contributed by atoms with Crippen LogP contribution in [0.2, 0.25) is 0 Å². The summed E-state index contributed by atoms with van der Waals surface area (Å²) in [6, 6.07) is 0. The molecule has 0 rings (SSSR count). The molecule has 0 saturated carbocycles. The van der Waals surface area contributed by atoms with Crippen molar-refractivity contribution in [2.24, 2.45) is 0 Å². The highest BCUT2D eigenvalue weighted by Gasteiger charge is 2.03. The lowest BCUT2D eigenvalue weighted by Crippen LogP contribution is -2.16. The van der Waals surface area contributed by atoms with Gasteiger partial charge in [0.15, 0.2) is 0 Å². The second-order valence-electron chi connectivity index (χ2n) is 2.40. The predicted octanol–water partition coefficient (Wildman–Crippen LogP) is 0.113. The minimum atomic E-state index is -1.36. The lowest BCUT2D eigenvalue weighted by Gasteiger charge is -2.04. The van der Waals surface area contributed by atoms with Gasteiger partial charge in [-0.25, -0.2) is 4.79 Å². The Morgan fingerprint density at radius 2 is 1.32 bits per heavy atom. The van der Waals surface area contributed by atoms with E-state index < -0.39 is 18.4 Å². The van der Waals surface area contributed by atoms with E-state index in [-0.39, 0.29) is 55.0 Å². The first-order valence-electron chi connectivity index (χ1n) is 3.88. The van der Waals surface area contributed by atoms with Gasteiger partial charge in [0.2, 0.25) is 0 Å². The van der Waals surface area contributed by atoms with Gasteiger partial charge in [-0.1, -0.05) is 29.7 Å². The smallest absolute Gasteiger partial charge is 0.450 e. The van der Waals surface area contributed by atoms with Crippen molar-refractivity contribution < 1.29 is 40.5 Å². The summed E-state index contributed by atoms with van der Waals surface area (Å²) in [6.07, 6.45) is -2.93. The molecule has 0 aliphatic carbocycles. The molecule has 0 aromatic rings. The van der Waals surface area contributed by atoms with Gasteiger partial charge in [-0.2, -0.15) is 0 Å². The van der Waals surface area contributed by atoms with Crippen LogP contribution in [0.1, 0.15) is 36.6 Å². The summed E-state index contributed by atoms with van der Waals surface area (Å²) in [5.41, 5.74) is 0. The first-order valence-corrected chi connectivity index (χ1v) is 3.88. The number of ether oxygens (including phenoxy) is 1. The van der Waals surface area contributed by atoms with Gasteiger partial charge in [-0.15, -0.1) is 0 Å². The Hall–Kier alpha value is -0.930. The summed E-state index contributed by atoms with van der Waals surface area (Å²) in [6.45, 7) is 0.466. The molecule has 0 aliphatic rings. The molecule has 0 radical (unpaired) electrons. The van der Waals surface area contributed by atoms with E-state index in [1.165, 1.54) is 6.92 Å². The molecule has 0 fully saturated rings. The van der Waals surface area contributed by atoms with Crippen LogP contribution in [-0.2, 0) is 4.74 Å². The van der Waals surface area contributed by atoms with Crippen molar-refractivity contribution in [2.45, 2.75) is 48.8 Å². The highest BCUT2D eigenvalue weighted by molar-refractivity contribution is 5.56. The van der Waals surface area contributed by atoms with Crippen LogP contribution in [0, 0.1) is 0 Å². The average Bonchev–Trinajstić information content (AvgIpc) is 2.16. The first-order chi connectivity index (χ1) is 6.47. The van der Waals surface area contributed by atoms with Gasteiger partial charge < -0.3 is 35.7 Å². The molecule has 126 valence electrons. The zero-order valence-corrected chi connectivity index (χ0v) is 8.33. The van der Waals surface area contributed by atoms with Crippen LogP contribution in [-0.4, -0.2) is 69.2 Å². The number of aliphatic hydroxyl groups excluding tert-OH is 4. The molecule has 0 amide bonds. The van der Waals surface area contributed by atoms with Gasteiger partial charge in [0.1, 0.15) is 12.2 Å². The van der Waals surface area contributed by atoms with E-state index in [2.05, 4.69) is 4.74 Å². The maximum Gasteiger partial charge on any atom is 0.506 e. The van der Waals surface area contributed by atoms with Crippen LogP contribution in [0.25, 0.3) is 0 Å². The monoisotopic (exact) mass is 294 g/mol. The fraction of sp³-hybridized carbons (Fsp3) is 0.909. The molecule has 8 nitrogen and oxygen atoms in total. The topological polar surface area (TPSA) is 159 Å². The zero-order valence-electron chi connectivity index (χ0n) is 8.33. The lowest BCUT2D eigenvalue weighted by atomic mass is 10.4. The molecule has 0 spiro atoms. The predicted molar refractivity (Wildman–Crippen MR) is 76.4 cm³/mol. The maximum atomic E-state index is 9.64. The molecule has 8 heteroatoms. The van der Waals surface area contributed by atoms with E-state index in [0.29, 0.717) is 0 Å². The third kappa shape index (κ3) is 47.1. The molecule has 19 heavy (non-hydrogen) atoms. The van der Waals surface area contributed by atoms with Gasteiger partial charge >= 0.3 is 6.16 Å². The summed E-state index contributed by atoms with van der Waals surface area (Å²) in [5.74, 6) is 0. The second kappa shape index (κ2) is 30.3. The Kier molecular flexibility index (Phi) is 68.4. The fourth-order valence-corrected chi connectivity index (χ4v) is 0.267. The Morgan fingerprint density at radius 1 is 1.00 bits per heavy atom. The number of hydrogen-bond donors (Lipinski definition) is 5. The molecule has 0 saturated heterocycles. The quantitative estimate of drug-likeness (QED) is 0.460. The van der Waals surface area contributed by atoms with Crippen LogP contribution < -0.4 is 0 Å². The normalized spacial score (nSPS) is 8.53. The largest absolute Gasteiger partial charge is 0.506 e. The summed E-state index contributed by atoms with van der Waals surface area (Å²) >= 11 is 0. The van der Waals surface area contributed by atoms with Crippen molar-refractivity contribution in [1.29, 1.82) is 0 Å². The highest BCUT2D eigenvalue weighted by Crippen LogP contribution is 1.86. The van der Waals surface area contributed by atoms with Crippen molar-refractivity contribution in [2.75, 3.05) is 19.8 Å². The molecule has 0 aromatic heterocycles. The number of carbonyl (C=O) groups is 1. The Bertz CT molecular complexity index is 139. The van der Waals surface area contributed by atoms with Crippen LogP contribution in [0.15, 0.2) is 0 Å². The van der Waals surface area contributed by atoms with Gasteiger partial charge in [0.05, 0.1) is 19.8 Å². The van der Waals surface area contributed by atoms with Crippen molar-refractivity contribution in [3.63, 3.8) is 0 Å². The van der Waals surface area contributed by atoms with E-state index in [1.54, 1.807) is 0 Å². The zero-order chi connectivity index (χ0) is 11.6.